The Morgan fingerprint density at radius 1 is 1.41 bits per heavy atom. The van der Waals surface area contributed by atoms with Crippen LogP contribution in [0.1, 0.15) is 54.7 Å². The van der Waals surface area contributed by atoms with Gasteiger partial charge in [0.15, 0.2) is 0 Å². The Kier molecular flexibility index (Phi) is 4.22. The summed E-state index contributed by atoms with van der Waals surface area (Å²) in [6.07, 6.45) is 9.90. The fraction of sp³-hybridized carbons (Fsp3) is 0.471. The summed E-state index contributed by atoms with van der Waals surface area (Å²) in [7, 11) is 0. The van der Waals surface area contributed by atoms with Crippen LogP contribution in [0.4, 0.5) is 0 Å². The molecule has 1 aliphatic carbocycles. The van der Waals surface area contributed by atoms with Crippen molar-refractivity contribution in [1.29, 1.82) is 0 Å². The molecule has 0 spiro atoms. The lowest BCUT2D eigenvalue weighted by atomic mass is 10.1. The number of rotatable bonds is 6. The van der Waals surface area contributed by atoms with Gasteiger partial charge in [-0.2, -0.15) is 5.10 Å². The number of aromatic nitrogens is 3. The molecule has 2 aromatic rings. The van der Waals surface area contributed by atoms with Gasteiger partial charge in [-0.1, -0.05) is 13.3 Å². The second-order valence-corrected chi connectivity index (χ2v) is 5.81. The molecule has 2 heterocycles. The van der Waals surface area contributed by atoms with Gasteiger partial charge in [0.1, 0.15) is 5.69 Å². The lowest BCUT2D eigenvalue weighted by molar-refractivity contribution is 0.0493. The summed E-state index contributed by atoms with van der Waals surface area (Å²) in [4.78, 5) is 16.2. The van der Waals surface area contributed by atoms with Gasteiger partial charge in [0, 0.05) is 18.0 Å². The van der Waals surface area contributed by atoms with Crippen LogP contribution in [-0.4, -0.2) is 27.3 Å². The van der Waals surface area contributed by atoms with Crippen molar-refractivity contribution in [2.24, 2.45) is 0 Å². The van der Waals surface area contributed by atoms with Crippen molar-refractivity contribution < 1.29 is 9.53 Å². The van der Waals surface area contributed by atoms with E-state index in [1.54, 1.807) is 12.3 Å². The first-order valence-corrected chi connectivity index (χ1v) is 7.87. The molecule has 116 valence electrons. The van der Waals surface area contributed by atoms with Crippen LogP contribution in [0, 0.1) is 6.92 Å². The molecule has 5 heteroatoms. The number of nitrogens with zero attached hydrogens (tertiary/aromatic N) is 3. The van der Waals surface area contributed by atoms with E-state index in [0.717, 1.165) is 29.5 Å². The molecule has 0 atom stereocenters. The van der Waals surface area contributed by atoms with Crippen molar-refractivity contribution in [2.45, 2.75) is 45.6 Å². The third-order valence-corrected chi connectivity index (χ3v) is 3.88. The van der Waals surface area contributed by atoms with E-state index < -0.39 is 0 Å². The van der Waals surface area contributed by atoms with Gasteiger partial charge in [-0.05, 0) is 43.4 Å². The van der Waals surface area contributed by atoms with Crippen LogP contribution >= 0.6 is 0 Å². The van der Waals surface area contributed by atoms with Gasteiger partial charge in [0.2, 0.25) is 0 Å². The van der Waals surface area contributed by atoms with Gasteiger partial charge in [-0.15, -0.1) is 0 Å². The molecule has 0 saturated heterocycles. The number of carbonyl (C=O) groups is 1. The minimum absolute atomic E-state index is 0.357. The molecule has 0 radical (unpaired) electrons. The highest BCUT2D eigenvalue weighted by Gasteiger charge is 2.24. The van der Waals surface area contributed by atoms with Crippen LogP contribution in [-0.2, 0) is 4.74 Å². The summed E-state index contributed by atoms with van der Waals surface area (Å²) >= 11 is 0. The monoisotopic (exact) mass is 299 g/mol. The smallest absolute Gasteiger partial charge is 0.356 e. The van der Waals surface area contributed by atoms with E-state index in [-0.39, 0.29) is 5.97 Å². The average molecular weight is 299 g/mol. The zero-order valence-corrected chi connectivity index (χ0v) is 13.1. The van der Waals surface area contributed by atoms with Crippen molar-refractivity contribution in [3.8, 4) is 11.1 Å². The Morgan fingerprint density at radius 2 is 2.23 bits per heavy atom. The molecule has 1 aliphatic rings. The van der Waals surface area contributed by atoms with Crippen molar-refractivity contribution in [2.75, 3.05) is 6.61 Å². The topological polar surface area (TPSA) is 57.0 Å². The molecule has 0 unspecified atom stereocenters. The quantitative estimate of drug-likeness (QED) is 0.604. The van der Waals surface area contributed by atoms with Crippen LogP contribution in [0.2, 0.25) is 0 Å². The Labute approximate surface area is 130 Å². The van der Waals surface area contributed by atoms with E-state index in [2.05, 4.69) is 17.0 Å². The molecule has 0 aliphatic heterocycles. The first-order valence-electron chi connectivity index (χ1n) is 7.87. The highest BCUT2D eigenvalue weighted by atomic mass is 16.5. The average Bonchev–Trinajstić information content (AvgIpc) is 3.26. The number of pyridine rings is 1. The first-order chi connectivity index (χ1) is 10.7. The number of aryl methyl sites for hydroxylation is 1. The summed E-state index contributed by atoms with van der Waals surface area (Å²) in [5, 5.41) is 4.41. The number of esters is 1. The fourth-order valence-corrected chi connectivity index (χ4v) is 2.35. The molecule has 22 heavy (non-hydrogen) atoms. The van der Waals surface area contributed by atoms with Crippen LogP contribution in [0.25, 0.3) is 11.1 Å². The standard InChI is InChI=1S/C17H21N3O2/c1-3-4-7-22-17(21)16-8-15(12(2)9-18-16)13-10-19-20(11-13)14-5-6-14/h8-11,14H,3-7H2,1-2H3. The van der Waals surface area contributed by atoms with Gasteiger partial charge >= 0.3 is 5.97 Å². The first kappa shape index (κ1) is 14.8. The van der Waals surface area contributed by atoms with Gasteiger partial charge in [-0.3, -0.25) is 4.68 Å². The SMILES string of the molecule is CCCCOC(=O)c1cc(-c2cnn(C3CC3)c2)c(C)cn1. The minimum atomic E-state index is -0.357. The van der Waals surface area contributed by atoms with Gasteiger partial charge in [0.05, 0.1) is 18.8 Å². The lowest BCUT2D eigenvalue weighted by Crippen LogP contribution is -2.09. The van der Waals surface area contributed by atoms with Crippen molar-refractivity contribution in [3.05, 3.63) is 35.9 Å². The minimum Gasteiger partial charge on any atom is -0.461 e. The Morgan fingerprint density at radius 3 is 2.95 bits per heavy atom. The summed E-state index contributed by atoms with van der Waals surface area (Å²) in [6, 6.07) is 2.35. The normalized spacial score (nSPS) is 14.1. The molecule has 0 amide bonds. The third kappa shape index (κ3) is 3.18. The Hall–Kier alpha value is -2.17. The number of ether oxygens (including phenoxy) is 1. The van der Waals surface area contributed by atoms with E-state index in [1.165, 1.54) is 12.8 Å². The zero-order valence-electron chi connectivity index (χ0n) is 13.1. The highest BCUT2D eigenvalue weighted by Crippen LogP contribution is 2.35. The number of unbranched alkanes of at least 4 members (excludes halogenated alkanes) is 1. The van der Waals surface area contributed by atoms with Crippen LogP contribution in [0.15, 0.2) is 24.7 Å². The maximum Gasteiger partial charge on any atom is 0.356 e. The van der Waals surface area contributed by atoms with E-state index in [1.807, 2.05) is 24.0 Å². The molecular weight excluding hydrogens is 278 g/mol. The summed E-state index contributed by atoms with van der Waals surface area (Å²) in [6.45, 7) is 4.50. The maximum atomic E-state index is 12.0. The van der Waals surface area contributed by atoms with Crippen LogP contribution in [0.3, 0.4) is 0 Å². The number of carbonyl (C=O) groups excluding carboxylic acids is 1. The van der Waals surface area contributed by atoms with Gasteiger partial charge < -0.3 is 4.74 Å². The van der Waals surface area contributed by atoms with Gasteiger partial charge in [0.25, 0.3) is 0 Å². The van der Waals surface area contributed by atoms with Crippen molar-refractivity contribution >= 4 is 5.97 Å². The largest absolute Gasteiger partial charge is 0.461 e. The number of hydrogen-bond donors (Lipinski definition) is 0. The molecule has 1 saturated carbocycles. The fourth-order valence-electron chi connectivity index (χ4n) is 2.35. The molecule has 2 aromatic heterocycles. The predicted octanol–water partition coefficient (Wildman–Crippen LogP) is 3.55. The molecule has 5 nitrogen and oxygen atoms in total. The second kappa shape index (κ2) is 6.30. The van der Waals surface area contributed by atoms with Gasteiger partial charge in [-0.25, -0.2) is 9.78 Å². The van der Waals surface area contributed by atoms with Crippen molar-refractivity contribution in [3.63, 3.8) is 0 Å². The number of hydrogen-bond acceptors (Lipinski definition) is 4. The summed E-state index contributed by atoms with van der Waals surface area (Å²) in [5.74, 6) is -0.357. The molecule has 0 N–H and O–H groups in total. The predicted molar refractivity (Wildman–Crippen MR) is 83.7 cm³/mol. The summed E-state index contributed by atoms with van der Waals surface area (Å²) in [5.41, 5.74) is 3.40. The molecule has 1 fully saturated rings. The second-order valence-electron chi connectivity index (χ2n) is 5.81. The highest BCUT2D eigenvalue weighted by molar-refractivity contribution is 5.89. The maximum absolute atomic E-state index is 12.0. The van der Waals surface area contributed by atoms with Crippen LogP contribution in [0.5, 0.6) is 0 Å². The lowest BCUT2D eigenvalue weighted by Gasteiger charge is -2.07. The van der Waals surface area contributed by atoms with E-state index >= 15 is 0 Å². The molecular formula is C17H21N3O2. The van der Waals surface area contributed by atoms with Crippen LogP contribution < -0.4 is 0 Å². The van der Waals surface area contributed by atoms with E-state index in [9.17, 15) is 4.79 Å². The molecule has 3 rings (SSSR count). The molecule has 0 aromatic carbocycles. The van der Waals surface area contributed by atoms with E-state index in [0.29, 0.717) is 18.3 Å². The van der Waals surface area contributed by atoms with Crippen molar-refractivity contribution in [1.82, 2.24) is 14.8 Å². The van der Waals surface area contributed by atoms with E-state index in [4.69, 9.17) is 4.74 Å². The zero-order chi connectivity index (χ0) is 15.5. The summed E-state index contributed by atoms with van der Waals surface area (Å²) < 4.78 is 7.24. The Balaban J connectivity index is 1.80. The Bertz CT molecular complexity index is 674. The third-order valence-electron chi connectivity index (χ3n) is 3.88. The molecule has 0 bridgehead atoms.